The van der Waals surface area contributed by atoms with Gasteiger partial charge in [-0.1, -0.05) is 18.2 Å². The van der Waals surface area contributed by atoms with Gasteiger partial charge in [0.15, 0.2) is 0 Å². The highest BCUT2D eigenvalue weighted by Gasteiger charge is 2.22. The molecule has 1 N–H and O–H groups in total. The minimum atomic E-state index is -3.64. The van der Waals surface area contributed by atoms with Gasteiger partial charge in [-0.05, 0) is 23.6 Å². The van der Waals surface area contributed by atoms with Crippen LogP contribution in [0.15, 0.2) is 46.0 Å². The Morgan fingerprint density at radius 3 is 2.42 bits per heavy atom. The smallest absolute Gasteiger partial charge is 0.250 e. The number of sulfonamides is 2. The van der Waals surface area contributed by atoms with E-state index in [1.165, 1.54) is 13.2 Å². The van der Waals surface area contributed by atoms with Crippen LogP contribution in [0.1, 0.15) is 0 Å². The van der Waals surface area contributed by atoms with Gasteiger partial charge in [0.25, 0.3) is 0 Å². The van der Waals surface area contributed by atoms with Crippen LogP contribution in [0.4, 0.5) is 5.69 Å². The monoisotopic (exact) mass is 390 g/mol. The zero-order chi connectivity index (χ0) is 17.8. The number of nitrogens with one attached hydrogen (secondary N) is 1. The van der Waals surface area contributed by atoms with Crippen molar-refractivity contribution in [2.24, 2.45) is 0 Å². The first-order chi connectivity index (χ1) is 11.3. The summed E-state index contributed by atoms with van der Waals surface area (Å²) in [4.78, 5) is 0. The summed E-state index contributed by atoms with van der Waals surface area (Å²) in [5.74, 6) is 0.393. The van der Waals surface area contributed by atoms with Crippen molar-refractivity contribution in [3.63, 3.8) is 0 Å². The summed E-state index contributed by atoms with van der Waals surface area (Å²) in [6.07, 6.45) is 1.06. The lowest BCUT2D eigenvalue weighted by Gasteiger charge is -2.24. The van der Waals surface area contributed by atoms with Gasteiger partial charge in [-0.25, -0.2) is 21.6 Å². The molecule has 1 aromatic carbocycles. The second kappa shape index (κ2) is 7.51. The SMILES string of the molecule is COc1ccccc1N(CCNS(=O)(=O)c1cccs1)S(C)(=O)=O. The summed E-state index contributed by atoms with van der Waals surface area (Å²) >= 11 is 1.09. The Hall–Kier alpha value is -1.62. The second-order valence-electron chi connectivity index (χ2n) is 4.84. The summed E-state index contributed by atoms with van der Waals surface area (Å²) in [5, 5.41) is 1.66. The molecular weight excluding hydrogens is 372 g/mol. The third kappa shape index (κ3) is 4.47. The van der Waals surface area contributed by atoms with Crippen molar-refractivity contribution in [1.82, 2.24) is 4.72 Å². The van der Waals surface area contributed by atoms with Gasteiger partial charge < -0.3 is 4.74 Å². The number of anilines is 1. The van der Waals surface area contributed by atoms with Crippen LogP contribution in [0.5, 0.6) is 5.75 Å². The summed E-state index contributed by atoms with van der Waals surface area (Å²) in [6.45, 7) is -0.116. The Morgan fingerprint density at radius 2 is 1.83 bits per heavy atom. The van der Waals surface area contributed by atoms with Crippen LogP contribution < -0.4 is 13.8 Å². The molecule has 0 aliphatic rings. The fraction of sp³-hybridized carbons (Fsp3) is 0.286. The molecule has 0 aliphatic heterocycles. The Balaban J connectivity index is 2.17. The van der Waals surface area contributed by atoms with E-state index in [2.05, 4.69) is 4.72 Å². The van der Waals surface area contributed by atoms with Crippen molar-refractivity contribution < 1.29 is 21.6 Å². The zero-order valence-electron chi connectivity index (χ0n) is 13.2. The second-order valence-corrected chi connectivity index (χ2v) is 9.69. The van der Waals surface area contributed by atoms with Crippen molar-refractivity contribution in [3.05, 3.63) is 41.8 Å². The third-order valence-electron chi connectivity index (χ3n) is 3.12. The maximum Gasteiger partial charge on any atom is 0.250 e. The highest BCUT2D eigenvalue weighted by atomic mass is 32.2. The highest BCUT2D eigenvalue weighted by Crippen LogP contribution is 2.29. The third-order valence-corrected chi connectivity index (χ3v) is 7.16. The summed E-state index contributed by atoms with van der Waals surface area (Å²) in [6, 6.07) is 9.78. The Kier molecular flexibility index (Phi) is 5.86. The van der Waals surface area contributed by atoms with Crippen LogP contribution in [0.25, 0.3) is 0 Å². The Bertz CT molecular complexity index is 877. The maximum absolute atomic E-state index is 12.1. The molecule has 24 heavy (non-hydrogen) atoms. The molecule has 2 rings (SSSR count). The van der Waals surface area contributed by atoms with E-state index in [-0.39, 0.29) is 17.3 Å². The summed E-state index contributed by atoms with van der Waals surface area (Å²) < 4.78 is 57.2. The molecule has 0 saturated heterocycles. The topological polar surface area (TPSA) is 92.8 Å². The van der Waals surface area contributed by atoms with Crippen LogP contribution in [0.3, 0.4) is 0 Å². The number of ether oxygens (including phenoxy) is 1. The molecule has 132 valence electrons. The van der Waals surface area contributed by atoms with E-state index in [0.717, 1.165) is 21.9 Å². The fourth-order valence-electron chi connectivity index (χ4n) is 2.07. The minimum absolute atomic E-state index is 0.0518. The molecule has 0 atom stereocenters. The number of nitrogens with zero attached hydrogens (tertiary/aromatic N) is 1. The number of para-hydroxylation sites is 2. The number of hydrogen-bond acceptors (Lipinski definition) is 6. The Morgan fingerprint density at radius 1 is 1.12 bits per heavy atom. The van der Waals surface area contributed by atoms with E-state index in [0.29, 0.717) is 11.4 Å². The van der Waals surface area contributed by atoms with Gasteiger partial charge in [0.05, 0.1) is 19.1 Å². The van der Waals surface area contributed by atoms with Crippen LogP contribution in [-0.2, 0) is 20.0 Å². The molecule has 1 aromatic heterocycles. The van der Waals surface area contributed by atoms with Crippen molar-refractivity contribution in [1.29, 1.82) is 0 Å². The lowest BCUT2D eigenvalue weighted by atomic mass is 10.3. The van der Waals surface area contributed by atoms with E-state index in [4.69, 9.17) is 4.74 Å². The number of thiophene rings is 1. The molecule has 10 heteroatoms. The van der Waals surface area contributed by atoms with Gasteiger partial charge in [-0.3, -0.25) is 4.31 Å². The molecule has 2 aromatic rings. The van der Waals surface area contributed by atoms with Gasteiger partial charge in [0, 0.05) is 13.1 Å². The average molecular weight is 391 g/mol. The molecule has 0 fully saturated rings. The molecule has 7 nitrogen and oxygen atoms in total. The van der Waals surface area contributed by atoms with E-state index in [1.54, 1.807) is 35.7 Å². The molecule has 0 unspecified atom stereocenters. The van der Waals surface area contributed by atoms with Gasteiger partial charge >= 0.3 is 0 Å². The number of methoxy groups -OCH3 is 1. The normalized spacial score (nSPS) is 12.1. The lowest BCUT2D eigenvalue weighted by molar-refractivity contribution is 0.415. The molecule has 1 heterocycles. The zero-order valence-corrected chi connectivity index (χ0v) is 15.6. The molecule has 0 amide bonds. The van der Waals surface area contributed by atoms with Crippen molar-refractivity contribution in [2.75, 3.05) is 30.8 Å². The molecular formula is C14H18N2O5S3. The molecule has 0 spiro atoms. The van der Waals surface area contributed by atoms with Crippen LogP contribution in [0, 0.1) is 0 Å². The summed E-state index contributed by atoms with van der Waals surface area (Å²) in [5.41, 5.74) is 0.359. The molecule has 0 aliphatic carbocycles. The van der Waals surface area contributed by atoms with E-state index >= 15 is 0 Å². The first-order valence-corrected chi connectivity index (χ1v) is 11.1. The van der Waals surface area contributed by atoms with E-state index in [9.17, 15) is 16.8 Å². The van der Waals surface area contributed by atoms with Crippen LogP contribution in [-0.4, -0.2) is 43.3 Å². The van der Waals surface area contributed by atoms with E-state index < -0.39 is 20.0 Å². The molecule has 0 saturated carbocycles. The fourth-order valence-corrected chi connectivity index (χ4v) is 5.06. The van der Waals surface area contributed by atoms with Gasteiger partial charge in [-0.2, -0.15) is 0 Å². The van der Waals surface area contributed by atoms with Crippen LogP contribution >= 0.6 is 11.3 Å². The van der Waals surface area contributed by atoms with Crippen molar-refractivity contribution in [2.45, 2.75) is 4.21 Å². The van der Waals surface area contributed by atoms with E-state index in [1.807, 2.05) is 0 Å². The first-order valence-electron chi connectivity index (χ1n) is 6.89. The molecule has 0 bridgehead atoms. The maximum atomic E-state index is 12.1. The summed E-state index contributed by atoms with van der Waals surface area (Å²) in [7, 11) is -5.80. The minimum Gasteiger partial charge on any atom is -0.495 e. The number of benzene rings is 1. The number of rotatable bonds is 8. The standard InChI is InChI=1S/C14H18N2O5S3/c1-21-13-7-4-3-6-12(13)16(23(2,17)18)10-9-15-24(19,20)14-8-5-11-22-14/h3-8,11,15H,9-10H2,1-2H3. The molecule has 0 radical (unpaired) electrons. The van der Waals surface area contributed by atoms with Gasteiger partial charge in [-0.15, -0.1) is 11.3 Å². The van der Waals surface area contributed by atoms with Gasteiger partial charge in [0.2, 0.25) is 20.0 Å². The quantitative estimate of drug-likeness (QED) is 0.737. The van der Waals surface area contributed by atoms with Gasteiger partial charge in [0.1, 0.15) is 9.96 Å². The predicted octanol–water partition coefficient (Wildman–Crippen LogP) is 1.50. The lowest BCUT2D eigenvalue weighted by Crippen LogP contribution is -2.38. The largest absolute Gasteiger partial charge is 0.495 e. The average Bonchev–Trinajstić information content (AvgIpc) is 3.05. The highest BCUT2D eigenvalue weighted by molar-refractivity contribution is 7.92. The van der Waals surface area contributed by atoms with Crippen molar-refractivity contribution >= 4 is 37.1 Å². The van der Waals surface area contributed by atoms with Crippen molar-refractivity contribution in [3.8, 4) is 5.75 Å². The number of hydrogen-bond donors (Lipinski definition) is 1. The first kappa shape index (κ1) is 18.7. The van der Waals surface area contributed by atoms with Crippen LogP contribution in [0.2, 0.25) is 0 Å². The Labute approximate surface area is 146 Å². The predicted molar refractivity (Wildman–Crippen MR) is 94.7 cm³/mol.